The van der Waals surface area contributed by atoms with Gasteiger partial charge in [-0.05, 0) is 19.4 Å². The molecule has 0 aliphatic carbocycles. The Morgan fingerprint density at radius 3 is 2.38 bits per heavy atom. The van der Waals surface area contributed by atoms with Crippen LogP contribution in [-0.4, -0.2) is 13.2 Å². The van der Waals surface area contributed by atoms with Crippen molar-refractivity contribution in [3.63, 3.8) is 0 Å². The van der Waals surface area contributed by atoms with Crippen LogP contribution in [0.4, 0.5) is 0 Å². The molecule has 0 heterocycles. The smallest absolute Gasteiger partial charge is 0.0829 e. The summed E-state index contributed by atoms with van der Waals surface area (Å²) in [6.07, 6.45) is 1.66. The Morgan fingerprint density at radius 2 is 2.25 bits per heavy atom. The van der Waals surface area contributed by atoms with Gasteiger partial charge in [0.25, 0.3) is 0 Å². The second kappa shape index (κ2) is 3.50. The fourth-order valence-corrected chi connectivity index (χ4v) is 0.293. The van der Waals surface area contributed by atoms with Gasteiger partial charge < -0.3 is 10.5 Å². The largest absolute Gasteiger partial charge is 0.504 e. The Kier molecular flexibility index (Phi) is 3.28. The molecule has 0 spiro atoms. The van der Waals surface area contributed by atoms with Gasteiger partial charge in [0.05, 0.1) is 13.4 Å². The van der Waals surface area contributed by atoms with Crippen LogP contribution in [0.3, 0.4) is 0 Å². The molecule has 0 fully saturated rings. The standard InChI is InChI=1S/C6H13NO/c1-5(4-8-3)6(2)7/h4,6H,7H2,1-3H3/b5-4+. The minimum absolute atomic E-state index is 0.106. The Morgan fingerprint density at radius 1 is 1.75 bits per heavy atom. The lowest BCUT2D eigenvalue weighted by molar-refractivity contribution is 0.332. The molecule has 0 amide bonds. The first kappa shape index (κ1) is 7.50. The highest BCUT2D eigenvalue weighted by Crippen LogP contribution is 1.95. The molecular weight excluding hydrogens is 102 g/mol. The Labute approximate surface area is 50.3 Å². The Balaban J connectivity index is 3.61. The number of methoxy groups -OCH3 is 1. The molecule has 1 atom stereocenters. The molecule has 0 saturated heterocycles. The van der Waals surface area contributed by atoms with Crippen molar-refractivity contribution < 1.29 is 4.74 Å². The average Bonchev–Trinajstić information content (AvgIpc) is 1.67. The van der Waals surface area contributed by atoms with Gasteiger partial charge in [0.2, 0.25) is 0 Å². The van der Waals surface area contributed by atoms with E-state index in [0.29, 0.717) is 0 Å². The third kappa shape index (κ3) is 2.64. The van der Waals surface area contributed by atoms with Crippen molar-refractivity contribution in [2.75, 3.05) is 7.11 Å². The summed E-state index contributed by atoms with van der Waals surface area (Å²) in [5.41, 5.74) is 6.54. The summed E-state index contributed by atoms with van der Waals surface area (Å²) in [6, 6.07) is 0.106. The maximum absolute atomic E-state index is 5.47. The number of hydrogen-bond donors (Lipinski definition) is 1. The molecule has 0 rings (SSSR count). The van der Waals surface area contributed by atoms with Crippen LogP contribution in [0.5, 0.6) is 0 Å². The van der Waals surface area contributed by atoms with Crippen LogP contribution < -0.4 is 5.73 Å². The lowest BCUT2D eigenvalue weighted by Crippen LogP contribution is -2.15. The van der Waals surface area contributed by atoms with E-state index in [-0.39, 0.29) is 6.04 Å². The fraction of sp³-hybridized carbons (Fsp3) is 0.667. The summed E-state index contributed by atoms with van der Waals surface area (Å²) in [6.45, 7) is 3.86. The zero-order chi connectivity index (χ0) is 6.57. The molecule has 0 aliphatic rings. The first-order chi connectivity index (χ1) is 3.68. The monoisotopic (exact) mass is 115 g/mol. The van der Waals surface area contributed by atoms with Crippen molar-refractivity contribution in [3.05, 3.63) is 11.8 Å². The van der Waals surface area contributed by atoms with Crippen molar-refractivity contribution in [2.24, 2.45) is 5.73 Å². The molecule has 0 aromatic heterocycles. The summed E-state index contributed by atoms with van der Waals surface area (Å²) in [4.78, 5) is 0. The van der Waals surface area contributed by atoms with Gasteiger partial charge >= 0.3 is 0 Å². The van der Waals surface area contributed by atoms with E-state index in [9.17, 15) is 0 Å². The minimum atomic E-state index is 0.106. The van der Waals surface area contributed by atoms with Crippen LogP contribution in [0.25, 0.3) is 0 Å². The highest BCUT2D eigenvalue weighted by Gasteiger charge is 1.93. The number of nitrogens with two attached hydrogens (primary N) is 1. The third-order valence-electron chi connectivity index (χ3n) is 1.02. The second-order valence-corrected chi connectivity index (χ2v) is 1.89. The van der Waals surface area contributed by atoms with Crippen molar-refractivity contribution >= 4 is 0 Å². The molecule has 0 bridgehead atoms. The van der Waals surface area contributed by atoms with Crippen LogP contribution in [0.2, 0.25) is 0 Å². The number of ether oxygens (including phenoxy) is 1. The van der Waals surface area contributed by atoms with Gasteiger partial charge in [-0.15, -0.1) is 0 Å². The van der Waals surface area contributed by atoms with Gasteiger partial charge in [0.15, 0.2) is 0 Å². The van der Waals surface area contributed by atoms with Gasteiger partial charge in [0, 0.05) is 6.04 Å². The van der Waals surface area contributed by atoms with E-state index in [1.54, 1.807) is 13.4 Å². The molecule has 2 heteroatoms. The summed E-state index contributed by atoms with van der Waals surface area (Å²) >= 11 is 0. The minimum Gasteiger partial charge on any atom is -0.504 e. The maximum Gasteiger partial charge on any atom is 0.0829 e. The zero-order valence-electron chi connectivity index (χ0n) is 5.64. The second-order valence-electron chi connectivity index (χ2n) is 1.89. The average molecular weight is 115 g/mol. The van der Waals surface area contributed by atoms with E-state index in [2.05, 4.69) is 0 Å². The Hall–Kier alpha value is -0.500. The highest BCUT2D eigenvalue weighted by molar-refractivity contribution is 5.00. The van der Waals surface area contributed by atoms with Gasteiger partial charge in [0.1, 0.15) is 0 Å². The molecule has 0 saturated carbocycles. The van der Waals surface area contributed by atoms with Gasteiger partial charge in [-0.25, -0.2) is 0 Å². The van der Waals surface area contributed by atoms with E-state index in [1.807, 2.05) is 13.8 Å². The van der Waals surface area contributed by atoms with Gasteiger partial charge in [-0.2, -0.15) is 0 Å². The molecule has 0 aromatic carbocycles. The van der Waals surface area contributed by atoms with Crippen LogP contribution in [0.15, 0.2) is 11.8 Å². The first-order valence-corrected chi connectivity index (χ1v) is 2.63. The van der Waals surface area contributed by atoms with Gasteiger partial charge in [-0.1, -0.05) is 0 Å². The normalized spacial score (nSPS) is 15.8. The quantitative estimate of drug-likeness (QED) is 0.542. The van der Waals surface area contributed by atoms with Crippen molar-refractivity contribution in [1.29, 1.82) is 0 Å². The van der Waals surface area contributed by atoms with E-state index in [1.165, 1.54) is 0 Å². The molecule has 48 valence electrons. The van der Waals surface area contributed by atoms with E-state index in [4.69, 9.17) is 10.5 Å². The molecule has 0 radical (unpaired) electrons. The topological polar surface area (TPSA) is 35.2 Å². The molecular formula is C6H13NO. The molecule has 8 heavy (non-hydrogen) atoms. The van der Waals surface area contributed by atoms with Crippen molar-refractivity contribution in [1.82, 2.24) is 0 Å². The van der Waals surface area contributed by atoms with Crippen LogP contribution in [-0.2, 0) is 4.74 Å². The number of hydrogen-bond acceptors (Lipinski definition) is 2. The SMILES string of the molecule is CO/C=C(\C)C(C)N. The number of rotatable bonds is 2. The van der Waals surface area contributed by atoms with Crippen molar-refractivity contribution in [2.45, 2.75) is 19.9 Å². The van der Waals surface area contributed by atoms with Crippen LogP contribution >= 0.6 is 0 Å². The molecule has 2 nitrogen and oxygen atoms in total. The van der Waals surface area contributed by atoms with Crippen LogP contribution in [0.1, 0.15) is 13.8 Å². The zero-order valence-corrected chi connectivity index (χ0v) is 5.64. The molecule has 0 aromatic rings. The molecule has 1 unspecified atom stereocenters. The summed E-state index contributed by atoms with van der Waals surface area (Å²) in [5.74, 6) is 0. The molecule has 2 N–H and O–H groups in total. The van der Waals surface area contributed by atoms with Crippen LogP contribution in [0, 0.1) is 0 Å². The predicted molar refractivity (Wildman–Crippen MR) is 34.4 cm³/mol. The first-order valence-electron chi connectivity index (χ1n) is 2.63. The third-order valence-corrected chi connectivity index (χ3v) is 1.02. The lowest BCUT2D eigenvalue weighted by Gasteiger charge is -2.02. The molecule has 0 aliphatic heterocycles. The summed E-state index contributed by atoms with van der Waals surface area (Å²) < 4.78 is 4.72. The van der Waals surface area contributed by atoms with E-state index in [0.717, 1.165) is 5.57 Å². The van der Waals surface area contributed by atoms with E-state index < -0.39 is 0 Å². The Bertz CT molecular complexity index is 86.5. The van der Waals surface area contributed by atoms with Crippen molar-refractivity contribution in [3.8, 4) is 0 Å². The van der Waals surface area contributed by atoms with E-state index >= 15 is 0 Å². The summed E-state index contributed by atoms with van der Waals surface area (Å²) in [5, 5.41) is 0. The fourth-order valence-electron chi connectivity index (χ4n) is 0.293. The maximum atomic E-state index is 5.47. The highest BCUT2D eigenvalue weighted by atomic mass is 16.5. The predicted octanol–water partition coefficient (Wildman–Crippen LogP) is 0.884. The summed E-state index contributed by atoms with van der Waals surface area (Å²) in [7, 11) is 1.62. The lowest BCUT2D eigenvalue weighted by atomic mass is 10.2. The van der Waals surface area contributed by atoms with Gasteiger partial charge in [-0.3, -0.25) is 0 Å².